The van der Waals surface area contributed by atoms with Crippen LogP contribution in [0.2, 0.25) is 0 Å². The number of anilines is 1. The number of carbonyl (C=O) groups excluding carboxylic acids is 3. The van der Waals surface area contributed by atoms with Gasteiger partial charge in [-0.3, -0.25) is 14.4 Å². The summed E-state index contributed by atoms with van der Waals surface area (Å²) in [6, 6.07) is 21.9. The quantitative estimate of drug-likeness (QED) is 0.435. The molecular formula is C32H33F3N4O3. The minimum Gasteiger partial charge on any atom is -0.350 e. The molecule has 2 fully saturated rings. The lowest BCUT2D eigenvalue weighted by Gasteiger charge is -2.43. The van der Waals surface area contributed by atoms with Gasteiger partial charge in [0.1, 0.15) is 12.1 Å². The van der Waals surface area contributed by atoms with Gasteiger partial charge in [-0.25, -0.2) is 0 Å². The number of piperidine rings is 1. The highest BCUT2D eigenvalue weighted by Gasteiger charge is 2.54. The molecule has 2 heterocycles. The van der Waals surface area contributed by atoms with Crippen molar-refractivity contribution < 1.29 is 27.6 Å². The molecule has 3 amide bonds. The average molecular weight is 579 g/mol. The van der Waals surface area contributed by atoms with Crippen molar-refractivity contribution in [1.82, 2.24) is 15.1 Å². The zero-order chi connectivity index (χ0) is 29.9. The molecule has 7 nitrogen and oxygen atoms in total. The number of rotatable bonds is 7. The summed E-state index contributed by atoms with van der Waals surface area (Å²) >= 11 is 0. The molecule has 10 heteroatoms. The van der Waals surface area contributed by atoms with E-state index < -0.39 is 23.2 Å². The Labute approximate surface area is 242 Å². The molecule has 42 heavy (non-hydrogen) atoms. The minimum atomic E-state index is -4.48. The average Bonchev–Trinajstić information content (AvgIpc) is 3.26. The van der Waals surface area contributed by atoms with Crippen LogP contribution in [-0.2, 0) is 28.7 Å². The van der Waals surface area contributed by atoms with Crippen LogP contribution < -0.4 is 10.2 Å². The first-order valence-corrected chi connectivity index (χ1v) is 14.0. The number of nitrogens with zero attached hydrogens (tertiary/aromatic N) is 3. The zero-order valence-corrected chi connectivity index (χ0v) is 23.4. The number of likely N-dealkylation sites (tertiary alicyclic amines) is 1. The van der Waals surface area contributed by atoms with Crippen molar-refractivity contribution in [3.63, 3.8) is 0 Å². The zero-order valence-electron chi connectivity index (χ0n) is 23.4. The Kier molecular flexibility index (Phi) is 8.24. The molecule has 1 N–H and O–H groups in total. The number of hydrogen-bond acceptors (Lipinski definition) is 4. The number of aryl methyl sites for hydroxylation is 1. The van der Waals surface area contributed by atoms with E-state index in [0.717, 1.165) is 29.8 Å². The summed E-state index contributed by atoms with van der Waals surface area (Å²) in [7, 11) is 0. The van der Waals surface area contributed by atoms with Gasteiger partial charge in [-0.2, -0.15) is 13.2 Å². The van der Waals surface area contributed by atoms with Crippen molar-refractivity contribution in [3.05, 3.63) is 101 Å². The summed E-state index contributed by atoms with van der Waals surface area (Å²) in [4.78, 5) is 45.3. The molecule has 0 radical (unpaired) electrons. The van der Waals surface area contributed by atoms with Crippen LogP contribution in [0.15, 0.2) is 78.9 Å². The van der Waals surface area contributed by atoms with Gasteiger partial charge in [0.05, 0.1) is 12.2 Å². The summed E-state index contributed by atoms with van der Waals surface area (Å²) in [5, 5.41) is 2.65. The van der Waals surface area contributed by atoms with Crippen molar-refractivity contribution in [2.45, 2.75) is 44.4 Å². The van der Waals surface area contributed by atoms with E-state index in [9.17, 15) is 27.6 Å². The first kappa shape index (κ1) is 29.2. The second-order valence-corrected chi connectivity index (χ2v) is 10.8. The molecule has 3 aromatic rings. The van der Waals surface area contributed by atoms with Crippen molar-refractivity contribution >= 4 is 23.4 Å². The molecule has 0 unspecified atom stereocenters. The predicted molar refractivity (Wildman–Crippen MR) is 152 cm³/mol. The molecule has 5 rings (SSSR count). The number of benzene rings is 3. The molecule has 1 spiro atoms. The van der Waals surface area contributed by atoms with Crippen LogP contribution in [0.5, 0.6) is 0 Å². The van der Waals surface area contributed by atoms with Gasteiger partial charge >= 0.3 is 6.18 Å². The molecule has 0 bridgehead atoms. The van der Waals surface area contributed by atoms with Gasteiger partial charge in [0.2, 0.25) is 5.91 Å². The molecular weight excluding hydrogens is 545 g/mol. The van der Waals surface area contributed by atoms with Crippen molar-refractivity contribution in [2.75, 3.05) is 31.2 Å². The van der Waals surface area contributed by atoms with Gasteiger partial charge in [0, 0.05) is 30.9 Å². The van der Waals surface area contributed by atoms with E-state index >= 15 is 0 Å². The van der Waals surface area contributed by atoms with E-state index in [-0.39, 0.29) is 31.6 Å². The molecule has 0 atom stereocenters. The van der Waals surface area contributed by atoms with E-state index in [1.54, 1.807) is 4.90 Å². The Hall–Kier alpha value is -4.34. The number of nitrogens with one attached hydrogen (secondary N) is 1. The number of hydrogen-bond donors (Lipinski definition) is 1. The van der Waals surface area contributed by atoms with E-state index in [1.165, 1.54) is 17.0 Å². The fraction of sp³-hybridized carbons (Fsp3) is 0.344. The lowest BCUT2D eigenvalue weighted by Crippen LogP contribution is -2.57. The van der Waals surface area contributed by atoms with E-state index in [0.29, 0.717) is 37.1 Å². The number of carbonyl (C=O) groups is 3. The number of amides is 3. The van der Waals surface area contributed by atoms with E-state index in [4.69, 9.17) is 0 Å². The number of halogens is 3. The normalized spacial score (nSPS) is 16.7. The van der Waals surface area contributed by atoms with E-state index in [1.807, 2.05) is 59.5 Å². The maximum atomic E-state index is 13.9. The predicted octanol–water partition coefficient (Wildman–Crippen LogP) is 4.87. The van der Waals surface area contributed by atoms with Crippen LogP contribution in [0.1, 0.15) is 46.8 Å². The second kappa shape index (κ2) is 11.9. The molecule has 220 valence electrons. The highest BCUT2D eigenvalue weighted by atomic mass is 19.4. The van der Waals surface area contributed by atoms with Crippen LogP contribution in [0.25, 0.3) is 0 Å². The first-order valence-electron chi connectivity index (χ1n) is 14.0. The SMILES string of the molecule is CCc1ccc(C(=O)N2CCC3(CC2)C(=O)N(CC(=O)NCc2cccc(C(F)(F)F)c2)CN3c2ccccc2)cc1. The molecule has 0 aromatic heterocycles. The lowest BCUT2D eigenvalue weighted by atomic mass is 9.85. The Morgan fingerprint density at radius 2 is 1.60 bits per heavy atom. The summed E-state index contributed by atoms with van der Waals surface area (Å²) in [6.07, 6.45) is -2.78. The Morgan fingerprint density at radius 1 is 0.905 bits per heavy atom. The maximum absolute atomic E-state index is 13.9. The summed E-state index contributed by atoms with van der Waals surface area (Å²) in [6.45, 7) is 2.70. The fourth-order valence-corrected chi connectivity index (χ4v) is 5.76. The van der Waals surface area contributed by atoms with Crippen molar-refractivity contribution in [1.29, 1.82) is 0 Å². The van der Waals surface area contributed by atoms with Gasteiger partial charge in [0.15, 0.2) is 0 Å². The topological polar surface area (TPSA) is 73.0 Å². The molecule has 0 saturated carbocycles. The third kappa shape index (κ3) is 5.98. The molecule has 2 aliphatic rings. The molecule has 2 aliphatic heterocycles. The number of alkyl halides is 3. The molecule has 0 aliphatic carbocycles. The van der Waals surface area contributed by atoms with Crippen LogP contribution in [0.3, 0.4) is 0 Å². The van der Waals surface area contributed by atoms with Gasteiger partial charge < -0.3 is 20.0 Å². The monoisotopic (exact) mass is 578 g/mol. The van der Waals surface area contributed by atoms with E-state index in [2.05, 4.69) is 12.2 Å². The van der Waals surface area contributed by atoms with Gasteiger partial charge in [-0.05, 0) is 66.8 Å². The van der Waals surface area contributed by atoms with Crippen LogP contribution >= 0.6 is 0 Å². The molecule has 2 saturated heterocycles. The largest absolute Gasteiger partial charge is 0.416 e. The Morgan fingerprint density at radius 3 is 2.24 bits per heavy atom. The highest BCUT2D eigenvalue weighted by molar-refractivity contribution is 5.97. The highest BCUT2D eigenvalue weighted by Crippen LogP contribution is 2.39. The first-order chi connectivity index (χ1) is 20.1. The third-order valence-electron chi connectivity index (χ3n) is 8.15. The van der Waals surface area contributed by atoms with Gasteiger partial charge in [-0.1, -0.05) is 49.4 Å². The van der Waals surface area contributed by atoms with Crippen LogP contribution in [0.4, 0.5) is 18.9 Å². The second-order valence-electron chi connectivity index (χ2n) is 10.8. The van der Waals surface area contributed by atoms with Crippen molar-refractivity contribution in [2.24, 2.45) is 0 Å². The fourth-order valence-electron chi connectivity index (χ4n) is 5.76. The minimum absolute atomic E-state index is 0.0740. The lowest BCUT2D eigenvalue weighted by molar-refractivity contribution is -0.138. The summed E-state index contributed by atoms with van der Waals surface area (Å²) in [5.41, 5.74) is 1.22. The number of para-hydroxylation sites is 1. The third-order valence-corrected chi connectivity index (χ3v) is 8.15. The summed E-state index contributed by atoms with van der Waals surface area (Å²) < 4.78 is 39.2. The standard InChI is InChI=1S/C32H33F3N4O3/c1-2-23-11-13-25(14-12-23)29(41)37-17-15-31(16-18-37)30(42)38(22-39(31)27-9-4-3-5-10-27)21-28(40)36-20-24-7-6-8-26(19-24)32(33,34)35/h3-14,19H,2,15-18,20-22H2,1H3,(H,36,40). The van der Waals surface area contributed by atoms with Gasteiger partial charge in [0.25, 0.3) is 11.8 Å². The maximum Gasteiger partial charge on any atom is 0.416 e. The molecule has 3 aromatic carbocycles. The Bertz CT molecular complexity index is 1440. The van der Waals surface area contributed by atoms with Crippen LogP contribution in [-0.4, -0.2) is 59.4 Å². The Balaban J connectivity index is 1.27. The smallest absolute Gasteiger partial charge is 0.350 e. The van der Waals surface area contributed by atoms with Crippen molar-refractivity contribution in [3.8, 4) is 0 Å². The summed E-state index contributed by atoms with van der Waals surface area (Å²) in [5.74, 6) is -0.732. The van der Waals surface area contributed by atoms with Crippen LogP contribution in [0, 0.1) is 0 Å². The van der Waals surface area contributed by atoms with Gasteiger partial charge in [-0.15, -0.1) is 0 Å².